The molecule has 1 aromatic heterocycles. The minimum Gasteiger partial charge on any atom is -0.158 e. The van der Waals surface area contributed by atoms with Crippen LogP contribution in [0.25, 0.3) is 0 Å². The molecule has 0 amide bonds. The van der Waals surface area contributed by atoms with Crippen molar-refractivity contribution in [1.29, 1.82) is 0 Å². The van der Waals surface area contributed by atoms with Crippen LogP contribution in [0.5, 0.6) is 0 Å². The molecule has 0 aliphatic heterocycles. The molecule has 0 bridgehead atoms. The third kappa shape index (κ3) is 2.58. The second kappa shape index (κ2) is 5.52. The van der Waals surface area contributed by atoms with Crippen molar-refractivity contribution in [3.05, 3.63) is 23.0 Å². The minimum absolute atomic E-state index is 0.371. The molecule has 2 atom stereocenters. The number of alkyl halides is 1. The zero-order valence-electron chi connectivity index (χ0n) is 8.37. The monoisotopic (exact) mass is 232 g/mol. The summed E-state index contributed by atoms with van der Waals surface area (Å²) in [5.74, 6) is 1.41. The highest BCUT2D eigenvalue weighted by molar-refractivity contribution is 6.30. The predicted octanol–water partition coefficient (Wildman–Crippen LogP) is 3.50. The Labute approximate surface area is 94.6 Å². The molecule has 78 valence electrons. The van der Waals surface area contributed by atoms with E-state index in [2.05, 4.69) is 24.0 Å². The third-order valence-corrected chi connectivity index (χ3v) is 3.25. The zero-order valence-corrected chi connectivity index (χ0v) is 9.89. The van der Waals surface area contributed by atoms with Crippen LogP contribution in [0.1, 0.15) is 31.7 Å². The fourth-order valence-corrected chi connectivity index (χ4v) is 2.10. The van der Waals surface area contributed by atoms with Gasteiger partial charge < -0.3 is 0 Å². The molecule has 0 aliphatic carbocycles. The van der Waals surface area contributed by atoms with Gasteiger partial charge in [-0.25, -0.2) is 0 Å². The molecule has 4 heteroatoms. The van der Waals surface area contributed by atoms with E-state index < -0.39 is 0 Å². The van der Waals surface area contributed by atoms with Gasteiger partial charge in [-0.1, -0.05) is 25.4 Å². The molecule has 0 fully saturated rings. The van der Waals surface area contributed by atoms with Crippen molar-refractivity contribution >= 4 is 23.2 Å². The molecule has 0 saturated heterocycles. The predicted molar refractivity (Wildman–Crippen MR) is 60.0 cm³/mol. The van der Waals surface area contributed by atoms with E-state index in [0.717, 1.165) is 12.0 Å². The summed E-state index contributed by atoms with van der Waals surface area (Å²) >= 11 is 11.8. The number of hydrogen-bond donors (Lipinski definition) is 0. The number of aromatic nitrogens is 2. The molecule has 14 heavy (non-hydrogen) atoms. The van der Waals surface area contributed by atoms with E-state index in [9.17, 15) is 0 Å². The van der Waals surface area contributed by atoms with E-state index in [-0.39, 0.29) is 0 Å². The van der Waals surface area contributed by atoms with Gasteiger partial charge in [-0.15, -0.1) is 16.7 Å². The van der Waals surface area contributed by atoms with Gasteiger partial charge in [0.2, 0.25) is 0 Å². The highest BCUT2D eigenvalue weighted by atomic mass is 35.5. The lowest BCUT2D eigenvalue weighted by molar-refractivity contribution is 0.488. The summed E-state index contributed by atoms with van der Waals surface area (Å²) in [6, 6.07) is 1.92. The molecule has 1 rings (SSSR count). The fourth-order valence-electron chi connectivity index (χ4n) is 1.64. The summed E-state index contributed by atoms with van der Waals surface area (Å²) in [6.07, 6.45) is 2.68. The average molecular weight is 233 g/mol. The largest absolute Gasteiger partial charge is 0.158 e. The van der Waals surface area contributed by atoms with E-state index in [1.807, 2.05) is 6.07 Å². The Hall–Kier alpha value is -0.340. The van der Waals surface area contributed by atoms with E-state index >= 15 is 0 Å². The first-order valence-electron chi connectivity index (χ1n) is 4.73. The normalized spacial score (nSPS) is 15.1. The van der Waals surface area contributed by atoms with Crippen molar-refractivity contribution in [3.63, 3.8) is 0 Å². The highest BCUT2D eigenvalue weighted by Crippen LogP contribution is 2.31. The maximum absolute atomic E-state index is 5.98. The van der Waals surface area contributed by atoms with Crippen molar-refractivity contribution in [2.24, 2.45) is 5.92 Å². The van der Waals surface area contributed by atoms with Gasteiger partial charge >= 0.3 is 0 Å². The molecule has 0 aromatic carbocycles. The smallest absolute Gasteiger partial charge is 0.155 e. The van der Waals surface area contributed by atoms with Crippen LogP contribution in [0.4, 0.5) is 0 Å². The summed E-state index contributed by atoms with van der Waals surface area (Å²) < 4.78 is 0. The van der Waals surface area contributed by atoms with Crippen LogP contribution >= 0.6 is 23.2 Å². The van der Waals surface area contributed by atoms with Crippen molar-refractivity contribution in [3.8, 4) is 0 Å². The third-order valence-electron chi connectivity index (χ3n) is 2.47. The molecule has 0 N–H and O–H groups in total. The number of rotatable bonds is 4. The fraction of sp³-hybridized carbons (Fsp3) is 0.600. The molecular formula is C10H14Cl2N2. The van der Waals surface area contributed by atoms with E-state index in [4.69, 9.17) is 23.2 Å². The van der Waals surface area contributed by atoms with Gasteiger partial charge in [-0.05, 0) is 29.9 Å². The first-order valence-corrected chi connectivity index (χ1v) is 5.65. The number of hydrogen-bond acceptors (Lipinski definition) is 2. The lowest BCUT2D eigenvalue weighted by atomic mass is 9.87. The Balaban J connectivity index is 2.94. The van der Waals surface area contributed by atoms with Crippen LogP contribution in [0.2, 0.25) is 5.15 Å². The van der Waals surface area contributed by atoms with Gasteiger partial charge in [0, 0.05) is 12.1 Å². The van der Waals surface area contributed by atoms with Gasteiger partial charge in [0.25, 0.3) is 0 Å². The molecular weight excluding hydrogens is 219 g/mol. The number of halogens is 2. The minimum atomic E-state index is 0.371. The summed E-state index contributed by atoms with van der Waals surface area (Å²) in [4.78, 5) is 0. The molecule has 0 saturated carbocycles. The van der Waals surface area contributed by atoms with Crippen LogP contribution < -0.4 is 0 Å². The Morgan fingerprint density at radius 1 is 1.50 bits per heavy atom. The van der Waals surface area contributed by atoms with E-state index in [1.54, 1.807) is 6.20 Å². The van der Waals surface area contributed by atoms with Crippen molar-refractivity contribution in [2.75, 3.05) is 5.88 Å². The second-order valence-electron chi connectivity index (χ2n) is 3.42. The lowest BCUT2D eigenvalue weighted by Crippen LogP contribution is -2.11. The second-order valence-corrected chi connectivity index (χ2v) is 4.09. The molecule has 1 heterocycles. The number of nitrogens with zero attached hydrogens (tertiary/aromatic N) is 2. The standard InChI is InChI=1S/C10H14Cl2N2/c1-3-8(7(2)6-11)9-4-5-13-14-10(9)12/h4-5,7-8H,3,6H2,1-2H3. The van der Waals surface area contributed by atoms with Gasteiger partial charge in [0.1, 0.15) is 0 Å². The maximum atomic E-state index is 5.98. The van der Waals surface area contributed by atoms with Crippen molar-refractivity contribution < 1.29 is 0 Å². The van der Waals surface area contributed by atoms with Crippen LogP contribution in [0, 0.1) is 5.92 Å². The maximum Gasteiger partial charge on any atom is 0.155 e. The van der Waals surface area contributed by atoms with Crippen LogP contribution in [0.15, 0.2) is 12.3 Å². The van der Waals surface area contributed by atoms with Crippen molar-refractivity contribution in [2.45, 2.75) is 26.2 Å². The summed E-state index contributed by atoms with van der Waals surface area (Å²) in [6.45, 7) is 4.25. The van der Waals surface area contributed by atoms with Gasteiger partial charge in [0.05, 0.1) is 0 Å². The molecule has 0 radical (unpaired) electrons. The quantitative estimate of drug-likeness (QED) is 0.744. The molecule has 0 aliphatic rings. The summed E-state index contributed by atoms with van der Waals surface area (Å²) in [7, 11) is 0. The van der Waals surface area contributed by atoms with Crippen LogP contribution in [-0.4, -0.2) is 16.1 Å². The van der Waals surface area contributed by atoms with E-state index in [0.29, 0.717) is 22.9 Å². The summed E-state index contributed by atoms with van der Waals surface area (Å²) in [5.41, 5.74) is 1.05. The van der Waals surface area contributed by atoms with Crippen molar-refractivity contribution in [1.82, 2.24) is 10.2 Å². The first-order chi connectivity index (χ1) is 6.70. The molecule has 1 aromatic rings. The lowest BCUT2D eigenvalue weighted by Gasteiger charge is -2.21. The Bertz CT molecular complexity index is 291. The average Bonchev–Trinajstić information content (AvgIpc) is 2.21. The van der Waals surface area contributed by atoms with Gasteiger partial charge in [-0.3, -0.25) is 0 Å². The van der Waals surface area contributed by atoms with Gasteiger partial charge in [0.15, 0.2) is 5.15 Å². The molecule has 2 unspecified atom stereocenters. The molecule has 2 nitrogen and oxygen atoms in total. The Kier molecular flexibility index (Phi) is 4.63. The van der Waals surface area contributed by atoms with Crippen LogP contribution in [0.3, 0.4) is 0 Å². The van der Waals surface area contributed by atoms with Gasteiger partial charge in [-0.2, -0.15) is 5.10 Å². The van der Waals surface area contributed by atoms with Crippen LogP contribution in [-0.2, 0) is 0 Å². The zero-order chi connectivity index (χ0) is 10.6. The summed E-state index contributed by atoms with van der Waals surface area (Å²) in [5, 5.41) is 8.07. The highest BCUT2D eigenvalue weighted by Gasteiger charge is 2.19. The first kappa shape index (κ1) is 11.7. The SMILES string of the molecule is CCC(c1ccnnc1Cl)C(C)CCl. The Morgan fingerprint density at radius 3 is 2.71 bits per heavy atom. The van der Waals surface area contributed by atoms with E-state index in [1.165, 1.54) is 0 Å². The molecule has 0 spiro atoms. The topological polar surface area (TPSA) is 25.8 Å². The Morgan fingerprint density at radius 2 is 2.21 bits per heavy atom.